The lowest BCUT2D eigenvalue weighted by molar-refractivity contribution is -0.125. The summed E-state index contributed by atoms with van der Waals surface area (Å²) in [7, 11) is 0. The summed E-state index contributed by atoms with van der Waals surface area (Å²) in [5.41, 5.74) is 0.265. The summed E-state index contributed by atoms with van der Waals surface area (Å²) in [5, 5.41) is 0. The minimum atomic E-state index is -0.456. The zero-order chi connectivity index (χ0) is 12.6. The van der Waals surface area contributed by atoms with Gasteiger partial charge in [-0.05, 0) is 43.2 Å². The first-order chi connectivity index (χ1) is 8.70. The van der Waals surface area contributed by atoms with E-state index in [9.17, 15) is 9.59 Å². The van der Waals surface area contributed by atoms with Crippen molar-refractivity contribution in [3.63, 3.8) is 0 Å². The van der Waals surface area contributed by atoms with Gasteiger partial charge in [0.2, 0.25) is 5.78 Å². The monoisotopic (exact) mass is 246 g/mol. The Morgan fingerprint density at radius 2 is 2.06 bits per heavy atom. The number of carbonyl (C=O) groups excluding carboxylic acids is 2. The van der Waals surface area contributed by atoms with Crippen LogP contribution in [0.2, 0.25) is 0 Å². The van der Waals surface area contributed by atoms with Gasteiger partial charge >= 0.3 is 0 Å². The van der Waals surface area contributed by atoms with Crippen LogP contribution < -0.4 is 0 Å². The van der Waals surface area contributed by atoms with Crippen LogP contribution in [0.5, 0.6) is 0 Å². The molecule has 2 aliphatic rings. The van der Waals surface area contributed by atoms with Crippen LogP contribution in [0.4, 0.5) is 0 Å². The van der Waals surface area contributed by atoms with Gasteiger partial charge in [0.05, 0.1) is 12.2 Å². The van der Waals surface area contributed by atoms with Crippen molar-refractivity contribution in [2.75, 3.05) is 0 Å². The van der Waals surface area contributed by atoms with E-state index in [0.717, 1.165) is 12.8 Å². The summed E-state index contributed by atoms with van der Waals surface area (Å²) >= 11 is 0. The van der Waals surface area contributed by atoms with Crippen molar-refractivity contribution in [3.05, 3.63) is 24.2 Å². The molecule has 96 valence electrons. The van der Waals surface area contributed by atoms with E-state index in [-0.39, 0.29) is 17.0 Å². The average Bonchev–Trinajstić information content (AvgIpc) is 3.04. The molecule has 1 atom stereocenters. The van der Waals surface area contributed by atoms with Crippen LogP contribution in [0.1, 0.15) is 55.5 Å². The van der Waals surface area contributed by atoms with Crippen molar-refractivity contribution >= 4 is 11.6 Å². The van der Waals surface area contributed by atoms with Crippen LogP contribution in [0.15, 0.2) is 22.8 Å². The van der Waals surface area contributed by atoms with Crippen LogP contribution in [-0.2, 0) is 4.79 Å². The minimum absolute atomic E-state index is 0.105. The van der Waals surface area contributed by atoms with Crippen LogP contribution in [-0.4, -0.2) is 11.6 Å². The maximum atomic E-state index is 12.3. The molecule has 0 radical (unpaired) electrons. The average molecular weight is 246 g/mol. The molecule has 0 N–H and O–H groups in total. The highest BCUT2D eigenvalue weighted by Gasteiger charge is 2.44. The van der Waals surface area contributed by atoms with Gasteiger partial charge in [0.1, 0.15) is 5.78 Å². The number of furan rings is 1. The standard InChI is InChI=1S/C15H18O3/c16-12-5-8-15(6-1-2-7-15)10-11(12)14(17)13-4-3-9-18-13/h3-4,9,11H,1-2,5-8,10H2. The fraction of sp³-hybridized carbons (Fsp3) is 0.600. The number of hydrogen-bond acceptors (Lipinski definition) is 3. The normalized spacial score (nSPS) is 26.7. The van der Waals surface area contributed by atoms with E-state index in [2.05, 4.69) is 0 Å². The summed E-state index contributed by atoms with van der Waals surface area (Å²) in [5.74, 6) is -0.128. The molecule has 18 heavy (non-hydrogen) atoms. The van der Waals surface area contributed by atoms with Crippen LogP contribution >= 0.6 is 0 Å². The first-order valence-corrected chi connectivity index (χ1v) is 6.81. The van der Waals surface area contributed by atoms with Crippen LogP contribution in [0, 0.1) is 11.3 Å². The van der Waals surface area contributed by atoms with Crippen LogP contribution in [0.3, 0.4) is 0 Å². The van der Waals surface area contributed by atoms with Gasteiger partial charge < -0.3 is 4.42 Å². The third kappa shape index (κ3) is 1.92. The fourth-order valence-corrected chi connectivity index (χ4v) is 3.62. The number of hydrogen-bond donors (Lipinski definition) is 0. The van der Waals surface area contributed by atoms with Crippen molar-refractivity contribution in [2.24, 2.45) is 11.3 Å². The Morgan fingerprint density at radius 3 is 2.72 bits per heavy atom. The molecular formula is C15H18O3. The second-order valence-electron chi connectivity index (χ2n) is 5.77. The Labute approximate surface area is 107 Å². The Kier molecular flexibility index (Phi) is 2.84. The minimum Gasteiger partial charge on any atom is -0.461 e. The largest absolute Gasteiger partial charge is 0.461 e. The molecule has 1 spiro atoms. The first kappa shape index (κ1) is 11.7. The van der Waals surface area contributed by atoms with E-state index in [0.29, 0.717) is 12.2 Å². The SMILES string of the molecule is O=C1CCC2(CCCC2)CC1C(=O)c1ccco1. The molecular weight excluding hydrogens is 228 g/mol. The lowest BCUT2D eigenvalue weighted by Crippen LogP contribution is -2.36. The third-order valence-corrected chi connectivity index (χ3v) is 4.67. The highest BCUT2D eigenvalue weighted by molar-refractivity contribution is 6.09. The van der Waals surface area contributed by atoms with Crippen molar-refractivity contribution in [2.45, 2.75) is 44.9 Å². The predicted molar refractivity (Wildman–Crippen MR) is 66.3 cm³/mol. The Bertz CT molecular complexity index is 452. The van der Waals surface area contributed by atoms with E-state index in [1.54, 1.807) is 12.1 Å². The molecule has 3 heteroatoms. The van der Waals surface area contributed by atoms with Gasteiger partial charge in [0.15, 0.2) is 5.76 Å². The second kappa shape index (κ2) is 4.38. The molecule has 0 aliphatic heterocycles. The molecule has 1 aromatic heterocycles. The molecule has 2 aliphatic carbocycles. The van der Waals surface area contributed by atoms with E-state index < -0.39 is 5.92 Å². The predicted octanol–water partition coefficient (Wildman–Crippen LogP) is 3.39. The molecule has 3 rings (SSSR count). The first-order valence-electron chi connectivity index (χ1n) is 6.81. The highest BCUT2D eigenvalue weighted by Crippen LogP contribution is 2.50. The molecule has 3 nitrogen and oxygen atoms in total. The van der Waals surface area contributed by atoms with Gasteiger partial charge in [0.25, 0.3) is 0 Å². The summed E-state index contributed by atoms with van der Waals surface area (Å²) in [6, 6.07) is 3.36. The Morgan fingerprint density at radius 1 is 1.28 bits per heavy atom. The second-order valence-corrected chi connectivity index (χ2v) is 5.77. The molecule has 0 bridgehead atoms. The zero-order valence-corrected chi connectivity index (χ0v) is 10.5. The van der Waals surface area contributed by atoms with Gasteiger partial charge in [-0.25, -0.2) is 0 Å². The lowest BCUT2D eigenvalue weighted by atomic mass is 9.67. The molecule has 0 amide bonds. The van der Waals surface area contributed by atoms with E-state index in [1.807, 2.05) is 0 Å². The van der Waals surface area contributed by atoms with Gasteiger partial charge in [-0.15, -0.1) is 0 Å². The van der Waals surface area contributed by atoms with Crippen molar-refractivity contribution in [1.82, 2.24) is 0 Å². The molecule has 2 fully saturated rings. The third-order valence-electron chi connectivity index (χ3n) is 4.67. The maximum absolute atomic E-state index is 12.3. The number of Topliss-reactive ketones (excluding diaryl/α,β-unsaturated/α-hetero) is 2. The quantitative estimate of drug-likeness (QED) is 0.593. The van der Waals surface area contributed by atoms with Gasteiger partial charge in [-0.2, -0.15) is 0 Å². The summed E-state index contributed by atoms with van der Waals surface area (Å²) in [6.07, 6.45) is 8.64. The van der Waals surface area contributed by atoms with Gasteiger partial charge in [-0.3, -0.25) is 9.59 Å². The summed E-state index contributed by atoms with van der Waals surface area (Å²) in [6.45, 7) is 0. The van der Waals surface area contributed by atoms with Crippen LogP contribution in [0.25, 0.3) is 0 Å². The number of rotatable bonds is 2. The van der Waals surface area contributed by atoms with Gasteiger partial charge in [0, 0.05) is 6.42 Å². The highest BCUT2D eigenvalue weighted by atomic mass is 16.3. The zero-order valence-electron chi connectivity index (χ0n) is 10.5. The van der Waals surface area contributed by atoms with Crippen molar-refractivity contribution in [3.8, 4) is 0 Å². The molecule has 0 aromatic carbocycles. The smallest absolute Gasteiger partial charge is 0.208 e. The Hall–Kier alpha value is -1.38. The maximum Gasteiger partial charge on any atom is 0.208 e. The molecule has 0 saturated heterocycles. The van der Waals surface area contributed by atoms with Crippen molar-refractivity contribution in [1.29, 1.82) is 0 Å². The molecule has 1 heterocycles. The van der Waals surface area contributed by atoms with E-state index in [4.69, 9.17) is 4.42 Å². The molecule has 1 aromatic rings. The fourth-order valence-electron chi connectivity index (χ4n) is 3.62. The molecule has 2 saturated carbocycles. The Balaban J connectivity index is 1.81. The molecule has 1 unspecified atom stereocenters. The summed E-state index contributed by atoms with van der Waals surface area (Å²) < 4.78 is 5.15. The van der Waals surface area contributed by atoms with E-state index in [1.165, 1.54) is 31.9 Å². The topological polar surface area (TPSA) is 47.3 Å². The van der Waals surface area contributed by atoms with Crippen molar-refractivity contribution < 1.29 is 14.0 Å². The summed E-state index contributed by atoms with van der Waals surface area (Å²) in [4.78, 5) is 24.3. The van der Waals surface area contributed by atoms with E-state index >= 15 is 0 Å². The number of ketones is 2. The number of carbonyl (C=O) groups is 2. The lowest BCUT2D eigenvalue weighted by Gasteiger charge is -2.36. The van der Waals surface area contributed by atoms with Gasteiger partial charge in [-0.1, -0.05) is 12.8 Å².